The third-order valence-corrected chi connectivity index (χ3v) is 7.47. The van der Waals surface area contributed by atoms with Gasteiger partial charge in [-0.1, -0.05) is 33.6 Å². The van der Waals surface area contributed by atoms with Crippen LogP contribution in [0.3, 0.4) is 0 Å². The molecule has 0 heterocycles. The minimum absolute atomic E-state index is 0.137. The number of hydrogen-bond acceptors (Lipinski definition) is 2. The molecule has 0 aliphatic rings. The van der Waals surface area contributed by atoms with E-state index in [-0.39, 0.29) is 11.4 Å². The molecule has 17 heavy (non-hydrogen) atoms. The summed E-state index contributed by atoms with van der Waals surface area (Å²) in [5.74, 6) is 0.185. The van der Waals surface area contributed by atoms with Crippen LogP contribution in [0.25, 0.3) is 0 Å². The number of ketones is 1. The van der Waals surface area contributed by atoms with Crippen LogP contribution in [0.15, 0.2) is 0 Å². The van der Waals surface area contributed by atoms with Crippen molar-refractivity contribution in [1.82, 2.24) is 0 Å². The first kappa shape index (κ1) is 16.9. The minimum Gasteiger partial charge on any atom is -0.323 e. The Hall–Kier alpha value is -0.100. The lowest BCUT2D eigenvalue weighted by Crippen LogP contribution is -2.16. The molecule has 0 rings (SSSR count). The SMILES string of the molecule is CCCCP(=O)(CCCC)C(CC)CC(C)=O. The standard InChI is InChI=1S/C14H29O2P/c1-5-8-10-17(16,11-9-6-2)14(7-3)12-13(4)15/h14H,5-12H2,1-4H3. The summed E-state index contributed by atoms with van der Waals surface area (Å²) < 4.78 is 13.0. The summed E-state index contributed by atoms with van der Waals surface area (Å²) in [5.41, 5.74) is 0.137. The number of carbonyl (C=O) groups excluding carboxylic acids is 1. The molecule has 0 aliphatic carbocycles. The second-order valence-electron chi connectivity index (χ2n) is 5.07. The highest BCUT2D eigenvalue weighted by Crippen LogP contribution is 2.54. The van der Waals surface area contributed by atoms with E-state index in [1.807, 2.05) is 0 Å². The Bertz CT molecular complexity index is 249. The summed E-state index contributed by atoms with van der Waals surface area (Å²) in [6.45, 7) is 7.96. The number of rotatable bonds is 10. The second-order valence-corrected chi connectivity index (χ2v) is 8.60. The molecule has 1 atom stereocenters. The molecule has 0 radical (unpaired) electrons. The van der Waals surface area contributed by atoms with Gasteiger partial charge < -0.3 is 9.36 Å². The van der Waals surface area contributed by atoms with Crippen molar-refractivity contribution in [2.75, 3.05) is 12.3 Å². The van der Waals surface area contributed by atoms with Crippen LogP contribution in [-0.4, -0.2) is 23.8 Å². The maximum Gasteiger partial charge on any atom is 0.130 e. The van der Waals surface area contributed by atoms with E-state index in [1.165, 1.54) is 0 Å². The summed E-state index contributed by atoms with van der Waals surface area (Å²) in [4.78, 5) is 11.3. The molecule has 0 N–H and O–H groups in total. The molecular weight excluding hydrogens is 231 g/mol. The maximum absolute atomic E-state index is 13.0. The third kappa shape index (κ3) is 6.41. The number of carbonyl (C=O) groups is 1. The summed E-state index contributed by atoms with van der Waals surface area (Å²) >= 11 is 0. The van der Waals surface area contributed by atoms with Gasteiger partial charge in [-0.15, -0.1) is 0 Å². The molecule has 0 spiro atoms. The van der Waals surface area contributed by atoms with Gasteiger partial charge in [0.1, 0.15) is 5.78 Å². The van der Waals surface area contributed by atoms with Crippen molar-refractivity contribution >= 4 is 12.9 Å². The number of hydrogen-bond donors (Lipinski definition) is 0. The van der Waals surface area contributed by atoms with E-state index in [1.54, 1.807) is 6.92 Å². The molecule has 0 saturated heterocycles. The summed E-state index contributed by atoms with van der Waals surface area (Å²) in [6, 6.07) is 0. The van der Waals surface area contributed by atoms with E-state index >= 15 is 0 Å². The van der Waals surface area contributed by atoms with E-state index < -0.39 is 7.14 Å². The first-order chi connectivity index (χ1) is 8.00. The lowest BCUT2D eigenvalue weighted by atomic mass is 10.2. The summed E-state index contributed by atoms with van der Waals surface area (Å²) in [5, 5.41) is 0. The Morgan fingerprint density at radius 1 is 1.06 bits per heavy atom. The molecular formula is C14H29O2P. The van der Waals surface area contributed by atoms with Crippen molar-refractivity contribution < 1.29 is 9.36 Å². The Kier molecular flexibility index (Phi) is 8.86. The van der Waals surface area contributed by atoms with Crippen molar-refractivity contribution in [2.24, 2.45) is 0 Å². The molecule has 102 valence electrons. The monoisotopic (exact) mass is 260 g/mol. The van der Waals surface area contributed by atoms with Crippen LogP contribution in [0.4, 0.5) is 0 Å². The van der Waals surface area contributed by atoms with Gasteiger partial charge >= 0.3 is 0 Å². The summed E-state index contributed by atoms with van der Waals surface area (Å²) in [6.07, 6.45) is 7.33. The van der Waals surface area contributed by atoms with Crippen LogP contribution < -0.4 is 0 Å². The average Bonchev–Trinajstić information content (AvgIpc) is 2.30. The lowest BCUT2D eigenvalue weighted by molar-refractivity contribution is -0.117. The predicted octanol–water partition coefficient (Wildman–Crippen LogP) is 4.71. The second kappa shape index (κ2) is 8.91. The van der Waals surface area contributed by atoms with E-state index in [0.717, 1.165) is 44.4 Å². The Morgan fingerprint density at radius 2 is 1.53 bits per heavy atom. The van der Waals surface area contributed by atoms with Crippen LogP contribution in [-0.2, 0) is 9.36 Å². The zero-order chi connectivity index (χ0) is 13.3. The highest BCUT2D eigenvalue weighted by Gasteiger charge is 2.31. The molecule has 0 saturated carbocycles. The lowest BCUT2D eigenvalue weighted by Gasteiger charge is -2.26. The zero-order valence-electron chi connectivity index (χ0n) is 12.0. The van der Waals surface area contributed by atoms with Gasteiger partial charge in [0.05, 0.1) is 7.14 Å². The molecule has 0 aromatic carbocycles. The number of unbranched alkanes of at least 4 members (excludes halogenated alkanes) is 2. The molecule has 0 bridgehead atoms. The fourth-order valence-corrected chi connectivity index (χ4v) is 6.22. The first-order valence-corrected chi connectivity index (χ1v) is 9.22. The highest BCUT2D eigenvalue weighted by atomic mass is 31.2. The van der Waals surface area contributed by atoms with Gasteiger partial charge in [0.25, 0.3) is 0 Å². The quantitative estimate of drug-likeness (QED) is 0.533. The van der Waals surface area contributed by atoms with Crippen LogP contribution in [0.2, 0.25) is 0 Å². The van der Waals surface area contributed by atoms with Crippen LogP contribution in [0.5, 0.6) is 0 Å². The molecule has 0 amide bonds. The van der Waals surface area contributed by atoms with E-state index in [4.69, 9.17) is 0 Å². The Morgan fingerprint density at radius 3 is 1.82 bits per heavy atom. The van der Waals surface area contributed by atoms with Gasteiger partial charge in [-0.05, 0) is 26.2 Å². The largest absolute Gasteiger partial charge is 0.323 e. The van der Waals surface area contributed by atoms with Gasteiger partial charge in [0.15, 0.2) is 0 Å². The molecule has 0 aromatic rings. The van der Waals surface area contributed by atoms with Crippen LogP contribution in [0, 0.1) is 0 Å². The summed E-state index contributed by atoms with van der Waals surface area (Å²) in [7, 11) is -2.14. The van der Waals surface area contributed by atoms with Gasteiger partial charge in [-0.3, -0.25) is 0 Å². The molecule has 0 aliphatic heterocycles. The van der Waals surface area contributed by atoms with E-state index in [0.29, 0.717) is 6.42 Å². The smallest absolute Gasteiger partial charge is 0.130 e. The fourth-order valence-electron chi connectivity index (χ4n) is 2.30. The van der Waals surface area contributed by atoms with Crippen molar-refractivity contribution in [3.05, 3.63) is 0 Å². The molecule has 2 nitrogen and oxygen atoms in total. The third-order valence-electron chi connectivity index (χ3n) is 3.44. The van der Waals surface area contributed by atoms with Gasteiger partial charge in [0.2, 0.25) is 0 Å². The van der Waals surface area contributed by atoms with E-state index in [9.17, 15) is 9.36 Å². The molecule has 3 heteroatoms. The molecule has 1 unspecified atom stereocenters. The maximum atomic E-state index is 13.0. The minimum atomic E-state index is -2.14. The average molecular weight is 260 g/mol. The normalized spacial score (nSPS) is 13.6. The van der Waals surface area contributed by atoms with Crippen molar-refractivity contribution in [2.45, 2.75) is 71.9 Å². The van der Waals surface area contributed by atoms with Gasteiger partial charge in [0, 0.05) is 24.4 Å². The van der Waals surface area contributed by atoms with Crippen molar-refractivity contribution in [1.29, 1.82) is 0 Å². The van der Waals surface area contributed by atoms with Crippen LogP contribution >= 0.6 is 7.14 Å². The Balaban J connectivity index is 4.70. The molecule has 0 aromatic heterocycles. The van der Waals surface area contributed by atoms with E-state index in [2.05, 4.69) is 20.8 Å². The van der Waals surface area contributed by atoms with Crippen LogP contribution in [0.1, 0.15) is 66.2 Å². The number of Topliss-reactive ketones (excluding diaryl/α,β-unsaturated/α-hetero) is 1. The molecule has 0 fully saturated rings. The van der Waals surface area contributed by atoms with Crippen molar-refractivity contribution in [3.8, 4) is 0 Å². The topological polar surface area (TPSA) is 34.1 Å². The fraction of sp³-hybridized carbons (Fsp3) is 0.929. The zero-order valence-corrected chi connectivity index (χ0v) is 12.9. The first-order valence-electron chi connectivity index (χ1n) is 7.07. The van der Waals surface area contributed by atoms with Gasteiger partial charge in [-0.2, -0.15) is 0 Å². The Labute approximate surface area is 107 Å². The van der Waals surface area contributed by atoms with Gasteiger partial charge in [-0.25, -0.2) is 0 Å². The predicted molar refractivity (Wildman–Crippen MR) is 76.5 cm³/mol. The highest BCUT2D eigenvalue weighted by molar-refractivity contribution is 7.64. The van der Waals surface area contributed by atoms with Crippen molar-refractivity contribution in [3.63, 3.8) is 0 Å².